The van der Waals surface area contributed by atoms with E-state index in [-0.39, 0.29) is 18.9 Å². The molecule has 0 aliphatic carbocycles. The Balaban J connectivity index is 1.38. The maximum atomic E-state index is 13.4. The van der Waals surface area contributed by atoms with Crippen LogP contribution in [0.2, 0.25) is 0 Å². The second-order valence-corrected chi connectivity index (χ2v) is 27.1. The molecule has 19 nitrogen and oxygen atoms in total. The highest BCUT2D eigenvalue weighted by atomic mass is 16.8. The van der Waals surface area contributed by atoms with Gasteiger partial charge in [0.15, 0.2) is 18.9 Å². The lowest BCUT2D eigenvalue weighted by molar-refractivity contribution is -0.379. The van der Waals surface area contributed by atoms with Crippen LogP contribution in [-0.4, -0.2) is 193 Å². The summed E-state index contributed by atoms with van der Waals surface area (Å²) in [6, 6.07) is -0.987. The Morgan fingerprint density at radius 1 is 0.380 bits per heavy atom. The summed E-state index contributed by atoms with van der Waals surface area (Å²) in [4.78, 5) is 13.4. The molecule has 12 N–H and O–H groups in total. The molecule has 0 aromatic carbocycles. The second kappa shape index (κ2) is 55.2. The van der Waals surface area contributed by atoms with E-state index in [2.05, 4.69) is 31.3 Å². The largest absolute Gasteiger partial charge is 0.394 e. The summed E-state index contributed by atoms with van der Waals surface area (Å²) in [6.45, 7) is 1.75. The molecule has 17 unspecified atom stereocenters. The molecule has 3 heterocycles. The first-order chi connectivity index (χ1) is 44.8. The molecule has 0 spiro atoms. The van der Waals surface area contributed by atoms with Crippen molar-refractivity contribution >= 4 is 5.91 Å². The monoisotopic (exact) mass is 1320 g/mol. The second-order valence-electron chi connectivity index (χ2n) is 27.1. The quantitative estimate of drug-likeness (QED) is 0.0199. The van der Waals surface area contributed by atoms with Crippen LogP contribution in [0, 0.1) is 0 Å². The van der Waals surface area contributed by atoms with Crippen molar-refractivity contribution in [2.24, 2.45) is 0 Å². The van der Waals surface area contributed by atoms with Crippen LogP contribution in [-0.2, 0) is 33.2 Å². The van der Waals surface area contributed by atoms with Crippen molar-refractivity contribution < 1.29 is 89.4 Å². The van der Waals surface area contributed by atoms with E-state index in [1.54, 1.807) is 6.08 Å². The fourth-order valence-corrected chi connectivity index (χ4v) is 12.9. The third-order valence-corrected chi connectivity index (χ3v) is 19.0. The number of aliphatic hydroxyl groups excluding tert-OH is 11. The molecule has 0 aromatic rings. The van der Waals surface area contributed by atoms with E-state index < -0.39 is 124 Å². The Bertz CT molecular complexity index is 1760. The molecular formula is C73H137NO18. The summed E-state index contributed by atoms with van der Waals surface area (Å²) < 4.78 is 34.4. The van der Waals surface area contributed by atoms with Crippen molar-refractivity contribution in [3.63, 3.8) is 0 Å². The van der Waals surface area contributed by atoms with Gasteiger partial charge in [-0.15, -0.1) is 0 Å². The molecule has 92 heavy (non-hydrogen) atoms. The van der Waals surface area contributed by atoms with Gasteiger partial charge >= 0.3 is 0 Å². The molecule has 17 atom stereocenters. The van der Waals surface area contributed by atoms with E-state index in [1.165, 1.54) is 231 Å². The minimum atomic E-state index is -1.98. The highest BCUT2D eigenvalue weighted by Crippen LogP contribution is 2.33. The van der Waals surface area contributed by atoms with Crippen molar-refractivity contribution in [2.45, 2.75) is 407 Å². The zero-order valence-corrected chi connectivity index (χ0v) is 57.5. The van der Waals surface area contributed by atoms with Gasteiger partial charge in [-0.05, 0) is 32.1 Å². The van der Waals surface area contributed by atoms with Crippen LogP contribution in [0.1, 0.15) is 303 Å². The smallest absolute Gasteiger partial charge is 0.220 e. The number of rotatable bonds is 59. The maximum Gasteiger partial charge on any atom is 0.220 e. The lowest BCUT2D eigenvalue weighted by Crippen LogP contribution is -2.66. The van der Waals surface area contributed by atoms with Crippen LogP contribution in [0.25, 0.3) is 0 Å². The Morgan fingerprint density at radius 3 is 1.09 bits per heavy atom. The van der Waals surface area contributed by atoms with E-state index in [1.807, 2.05) is 6.08 Å². The van der Waals surface area contributed by atoms with Crippen LogP contribution in [0.3, 0.4) is 0 Å². The Kier molecular flexibility index (Phi) is 50.7. The van der Waals surface area contributed by atoms with Gasteiger partial charge in [-0.1, -0.05) is 289 Å². The highest BCUT2D eigenvalue weighted by Gasteiger charge is 2.53. The summed E-state index contributed by atoms with van der Waals surface area (Å²) in [5.74, 6) is -0.281. The van der Waals surface area contributed by atoms with Crippen molar-refractivity contribution in [2.75, 3.05) is 26.4 Å². The average Bonchev–Trinajstić information content (AvgIpc) is 0.817. The first-order valence-corrected chi connectivity index (χ1v) is 37.6. The van der Waals surface area contributed by atoms with E-state index >= 15 is 0 Å². The summed E-state index contributed by atoms with van der Waals surface area (Å²) in [6.07, 6.45) is 37.6. The van der Waals surface area contributed by atoms with E-state index in [9.17, 15) is 61.0 Å². The molecule has 3 saturated heterocycles. The summed E-state index contributed by atoms with van der Waals surface area (Å²) in [5.41, 5.74) is 0. The number of allylic oxidation sites excluding steroid dienone is 3. The zero-order valence-electron chi connectivity index (χ0n) is 57.5. The minimum Gasteiger partial charge on any atom is -0.394 e. The predicted octanol–water partition coefficient (Wildman–Crippen LogP) is 11.0. The fourth-order valence-electron chi connectivity index (χ4n) is 12.9. The number of unbranched alkanes of at least 4 members (excludes halogenated alkanes) is 41. The molecule has 3 aliphatic rings. The molecular weight excluding hydrogens is 1180 g/mol. The average molecular weight is 1320 g/mol. The Hall–Kier alpha value is -1.73. The molecule has 0 bridgehead atoms. The first-order valence-electron chi connectivity index (χ1n) is 37.6. The fraction of sp³-hybridized carbons (Fsp3) is 0.932. The molecule has 3 fully saturated rings. The standard InChI is InChI=1S/C73H137NO18/c1-3-5-7-9-11-13-15-17-19-20-21-22-23-24-25-26-27-28-29-30-31-32-33-34-35-37-38-40-42-44-46-48-50-57(78)56(74-61(79)51-49-47-45-43-41-39-36-18-16-14-12-10-8-6-4-2)55-87-71-67(85)64(82)69(59(53-76)89-71)92-73-68(86)65(83)70(60(54-77)90-73)91-72-66(84)63(81)62(80)58(52-75)88-72/h40,42,48,50,56-60,62-73,75-78,80-86H,3-39,41,43-47,49,51-55H2,1-2H3,(H,74,79)/b42-40+,50-48+. The third-order valence-electron chi connectivity index (χ3n) is 19.0. The lowest BCUT2D eigenvalue weighted by Gasteiger charge is -2.48. The van der Waals surface area contributed by atoms with Gasteiger partial charge in [0.25, 0.3) is 0 Å². The molecule has 0 saturated carbocycles. The summed E-state index contributed by atoms with van der Waals surface area (Å²) in [5, 5.41) is 121. The number of hydrogen-bond acceptors (Lipinski definition) is 18. The van der Waals surface area contributed by atoms with E-state index in [0.717, 1.165) is 38.5 Å². The van der Waals surface area contributed by atoms with Gasteiger partial charge in [0, 0.05) is 6.42 Å². The normalized spacial score (nSPS) is 27.8. The molecule has 542 valence electrons. The Labute approximate surface area is 556 Å². The maximum absolute atomic E-state index is 13.4. The van der Waals surface area contributed by atoms with Gasteiger partial charge in [0.1, 0.15) is 73.2 Å². The van der Waals surface area contributed by atoms with Gasteiger partial charge in [-0.25, -0.2) is 0 Å². The third kappa shape index (κ3) is 36.2. The molecule has 3 aliphatic heterocycles. The molecule has 19 heteroatoms. The van der Waals surface area contributed by atoms with Crippen molar-refractivity contribution in [1.82, 2.24) is 5.32 Å². The molecule has 0 aromatic heterocycles. The lowest BCUT2D eigenvalue weighted by atomic mass is 9.96. The van der Waals surface area contributed by atoms with Gasteiger partial charge < -0.3 is 89.9 Å². The van der Waals surface area contributed by atoms with Gasteiger partial charge in [0.05, 0.1) is 38.6 Å². The number of amides is 1. The number of ether oxygens (including phenoxy) is 6. The Morgan fingerprint density at radius 2 is 0.696 bits per heavy atom. The minimum absolute atomic E-state index is 0.240. The van der Waals surface area contributed by atoms with Crippen LogP contribution in [0.5, 0.6) is 0 Å². The number of nitrogens with one attached hydrogen (secondary N) is 1. The topological polar surface area (TPSA) is 307 Å². The van der Waals surface area contributed by atoms with Crippen molar-refractivity contribution in [3.05, 3.63) is 24.3 Å². The summed E-state index contributed by atoms with van der Waals surface area (Å²) in [7, 11) is 0. The zero-order chi connectivity index (χ0) is 66.8. The summed E-state index contributed by atoms with van der Waals surface area (Å²) >= 11 is 0. The number of hydrogen-bond donors (Lipinski definition) is 12. The predicted molar refractivity (Wildman–Crippen MR) is 360 cm³/mol. The molecule has 1 amide bonds. The highest BCUT2D eigenvalue weighted by molar-refractivity contribution is 5.76. The SMILES string of the molecule is CCCCCCCCCCCCCCCCCCCCCCCCCCCC/C=C/CC/C=C/C(O)C(COC1OC(CO)C(OC2OC(CO)C(OC3OC(CO)C(O)C(O)C3O)C(O)C2O)C(O)C1O)NC(=O)CCCCCCCCCCCCCCCCC. The van der Waals surface area contributed by atoms with Crippen LogP contribution in [0.4, 0.5) is 0 Å². The molecule has 0 radical (unpaired) electrons. The number of carbonyl (C=O) groups excluding carboxylic acids is 1. The van der Waals surface area contributed by atoms with Crippen molar-refractivity contribution in [3.8, 4) is 0 Å². The van der Waals surface area contributed by atoms with Crippen LogP contribution in [0.15, 0.2) is 24.3 Å². The van der Waals surface area contributed by atoms with Crippen LogP contribution < -0.4 is 5.32 Å². The number of carbonyl (C=O) groups is 1. The van der Waals surface area contributed by atoms with Gasteiger partial charge in [-0.2, -0.15) is 0 Å². The number of aliphatic hydroxyl groups is 11. The van der Waals surface area contributed by atoms with Gasteiger partial charge in [-0.3, -0.25) is 4.79 Å². The van der Waals surface area contributed by atoms with E-state index in [0.29, 0.717) is 12.8 Å². The van der Waals surface area contributed by atoms with Gasteiger partial charge in [0.2, 0.25) is 5.91 Å². The van der Waals surface area contributed by atoms with Crippen LogP contribution >= 0.6 is 0 Å². The van der Waals surface area contributed by atoms with E-state index in [4.69, 9.17) is 28.4 Å². The van der Waals surface area contributed by atoms with Crippen molar-refractivity contribution in [1.29, 1.82) is 0 Å². The molecule has 3 rings (SSSR count). The first kappa shape index (κ1) is 84.5.